The number of halogens is 2. The Kier molecular flexibility index (Phi) is 2.39. The second-order valence-electron chi connectivity index (χ2n) is 5.17. The predicted molar refractivity (Wildman–Crippen MR) is 52.0 cm³/mol. The molecule has 4 heteroatoms. The van der Waals surface area contributed by atoms with Gasteiger partial charge in [0.05, 0.1) is 11.7 Å². The van der Waals surface area contributed by atoms with E-state index in [9.17, 15) is 8.78 Å². The van der Waals surface area contributed by atoms with E-state index < -0.39 is 12.0 Å². The molecule has 0 aliphatic carbocycles. The van der Waals surface area contributed by atoms with Crippen molar-refractivity contribution in [2.24, 2.45) is 0 Å². The normalized spacial score (nSPS) is 39.3. The molecule has 3 atom stereocenters. The summed E-state index contributed by atoms with van der Waals surface area (Å²) in [5, 5.41) is 0. The molecule has 2 bridgehead atoms. The number of fused-ring (bicyclic) bond motifs is 2. The van der Waals surface area contributed by atoms with Crippen LogP contribution in [0.1, 0.15) is 27.2 Å². The van der Waals surface area contributed by atoms with E-state index >= 15 is 0 Å². The molecule has 15 heavy (non-hydrogen) atoms. The molecule has 2 nitrogen and oxygen atoms in total. The Balaban J connectivity index is 2.07. The fourth-order valence-electron chi connectivity index (χ4n) is 2.11. The molecule has 2 rings (SSSR count). The van der Waals surface area contributed by atoms with Crippen LogP contribution in [-0.4, -0.2) is 29.8 Å². The van der Waals surface area contributed by atoms with Gasteiger partial charge in [-0.3, -0.25) is 0 Å². The largest absolute Gasteiger partial charge is 0.369 e. The minimum absolute atomic E-state index is 0.246. The van der Waals surface area contributed by atoms with Gasteiger partial charge in [0.25, 0.3) is 6.43 Å². The van der Waals surface area contributed by atoms with Gasteiger partial charge in [0.2, 0.25) is 0 Å². The quantitative estimate of drug-likeness (QED) is 0.663. The average molecular weight is 218 g/mol. The number of alkyl halides is 2. The molecule has 1 fully saturated rings. The van der Waals surface area contributed by atoms with Crippen molar-refractivity contribution in [1.82, 2.24) is 0 Å². The first-order valence-electron chi connectivity index (χ1n) is 5.16. The second-order valence-corrected chi connectivity index (χ2v) is 5.17. The first kappa shape index (κ1) is 11.0. The Morgan fingerprint density at radius 3 is 2.60 bits per heavy atom. The third-order valence-corrected chi connectivity index (χ3v) is 2.68. The summed E-state index contributed by atoms with van der Waals surface area (Å²) in [7, 11) is 0. The van der Waals surface area contributed by atoms with Gasteiger partial charge in [-0.1, -0.05) is 6.08 Å². The SMILES string of the molecule is CC(C)(C)OC1CC2(C(F)F)C=CC1O2. The van der Waals surface area contributed by atoms with E-state index in [1.54, 1.807) is 6.08 Å². The minimum Gasteiger partial charge on any atom is -0.369 e. The van der Waals surface area contributed by atoms with Crippen LogP contribution in [0.5, 0.6) is 0 Å². The molecule has 0 aromatic heterocycles. The molecule has 0 spiro atoms. The van der Waals surface area contributed by atoms with Gasteiger partial charge in [-0.2, -0.15) is 0 Å². The summed E-state index contributed by atoms with van der Waals surface area (Å²) in [6.45, 7) is 5.74. The van der Waals surface area contributed by atoms with Crippen LogP contribution in [0, 0.1) is 0 Å². The van der Waals surface area contributed by atoms with Gasteiger partial charge in [-0.05, 0) is 26.8 Å². The number of ether oxygens (including phenoxy) is 2. The summed E-state index contributed by atoms with van der Waals surface area (Å²) < 4.78 is 36.6. The van der Waals surface area contributed by atoms with Crippen LogP contribution in [0.4, 0.5) is 8.78 Å². The zero-order valence-corrected chi connectivity index (χ0v) is 9.17. The van der Waals surface area contributed by atoms with Crippen molar-refractivity contribution in [1.29, 1.82) is 0 Å². The highest BCUT2D eigenvalue weighted by Crippen LogP contribution is 2.44. The molecule has 0 aromatic rings. The van der Waals surface area contributed by atoms with E-state index in [-0.39, 0.29) is 24.2 Å². The molecule has 2 aliphatic rings. The van der Waals surface area contributed by atoms with E-state index in [1.165, 1.54) is 6.08 Å². The summed E-state index contributed by atoms with van der Waals surface area (Å²) >= 11 is 0. The maximum atomic E-state index is 12.8. The lowest BCUT2D eigenvalue weighted by molar-refractivity contribution is -0.0914. The van der Waals surface area contributed by atoms with Gasteiger partial charge in [0.15, 0.2) is 5.60 Å². The first-order chi connectivity index (χ1) is 6.82. The maximum Gasteiger partial charge on any atom is 0.270 e. The van der Waals surface area contributed by atoms with Gasteiger partial charge in [-0.15, -0.1) is 0 Å². The maximum absolute atomic E-state index is 12.8. The van der Waals surface area contributed by atoms with Crippen molar-refractivity contribution in [3.63, 3.8) is 0 Å². The molecule has 86 valence electrons. The Bertz CT molecular complexity index is 283. The van der Waals surface area contributed by atoms with Crippen molar-refractivity contribution in [2.45, 2.75) is 57.0 Å². The molecular weight excluding hydrogens is 202 g/mol. The Hall–Kier alpha value is -0.480. The zero-order valence-electron chi connectivity index (χ0n) is 9.17. The van der Waals surface area contributed by atoms with Gasteiger partial charge >= 0.3 is 0 Å². The number of rotatable bonds is 2. The Morgan fingerprint density at radius 2 is 2.13 bits per heavy atom. The monoisotopic (exact) mass is 218 g/mol. The second kappa shape index (κ2) is 3.25. The highest BCUT2D eigenvalue weighted by Gasteiger charge is 2.55. The average Bonchev–Trinajstić information content (AvgIpc) is 2.58. The molecule has 1 saturated heterocycles. The van der Waals surface area contributed by atoms with Crippen molar-refractivity contribution in [3.05, 3.63) is 12.2 Å². The van der Waals surface area contributed by atoms with Gasteiger partial charge in [0.1, 0.15) is 6.10 Å². The van der Waals surface area contributed by atoms with E-state index in [0.717, 1.165) is 0 Å². The van der Waals surface area contributed by atoms with Crippen LogP contribution in [0.2, 0.25) is 0 Å². The number of hydrogen-bond donors (Lipinski definition) is 0. The fraction of sp³-hybridized carbons (Fsp3) is 0.818. The lowest BCUT2D eigenvalue weighted by Crippen LogP contribution is -2.36. The van der Waals surface area contributed by atoms with Crippen LogP contribution in [0.15, 0.2) is 12.2 Å². The van der Waals surface area contributed by atoms with Crippen LogP contribution in [0.25, 0.3) is 0 Å². The summed E-state index contributed by atoms with van der Waals surface area (Å²) in [6.07, 6.45) is 0.384. The first-order valence-corrected chi connectivity index (χ1v) is 5.16. The Labute approximate surface area is 88.2 Å². The van der Waals surface area contributed by atoms with E-state index in [2.05, 4.69) is 0 Å². The van der Waals surface area contributed by atoms with E-state index in [1.807, 2.05) is 20.8 Å². The molecule has 3 unspecified atom stereocenters. The fourth-order valence-corrected chi connectivity index (χ4v) is 2.11. The smallest absolute Gasteiger partial charge is 0.270 e. The molecule has 0 N–H and O–H groups in total. The topological polar surface area (TPSA) is 18.5 Å². The third-order valence-electron chi connectivity index (χ3n) is 2.68. The lowest BCUT2D eigenvalue weighted by Gasteiger charge is -2.28. The van der Waals surface area contributed by atoms with Crippen molar-refractivity contribution in [3.8, 4) is 0 Å². The minimum atomic E-state index is -2.48. The molecule has 0 aromatic carbocycles. The van der Waals surface area contributed by atoms with Crippen LogP contribution < -0.4 is 0 Å². The van der Waals surface area contributed by atoms with E-state index in [4.69, 9.17) is 9.47 Å². The standard InChI is InChI=1S/C11H16F2O2/c1-10(2,3)14-8-6-11(9(12)13)5-4-7(8)15-11/h4-5,7-9H,6H2,1-3H3. The summed E-state index contributed by atoms with van der Waals surface area (Å²) in [5.41, 5.74) is -1.71. The lowest BCUT2D eigenvalue weighted by atomic mass is 9.93. The molecule has 2 aliphatic heterocycles. The van der Waals surface area contributed by atoms with E-state index in [0.29, 0.717) is 0 Å². The predicted octanol–water partition coefficient (Wildman–Crippen LogP) is 2.53. The highest BCUT2D eigenvalue weighted by molar-refractivity contribution is 5.21. The molecule has 0 amide bonds. The summed E-state index contributed by atoms with van der Waals surface area (Å²) in [4.78, 5) is 0. The van der Waals surface area contributed by atoms with Crippen molar-refractivity contribution >= 4 is 0 Å². The highest BCUT2D eigenvalue weighted by atomic mass is 19.3. The van der Waals surface area contributed by atoms with Crippen molar-refractivity contribution in [2.75, 3.05) is 0 Å². The molecule has 0 radical (unpaired) electrons. The van der Waals surface area contributed by atoms with Gasteiger partial charge < -0.3 is 9.47 Å². The van der Waals surface area contributed by atoms with Crippen molar-refractivity contribution < 1.29 is 18.3 Å². The van der Waals surface area contributed by atoms with Crippen LogP contribution in [0.3, 0.4) is 0 Å². The molecule has 0 saturated carbocycles. The molecule has 2 heterocycles. The third kappa shape index (κ3) is 1.93. The van der Waals surface area contributed by atoms with Gasteiger partial charge in [0, 0.05) is 6.42 Å². The summed E-state index contributed by atoms with van der Waals surface area (Å²) in [5.74, 6) is 0. The van der Waals surface area contributed by atoms with Crippen LogP contribution >= 0.6 is 0 Å². The number of hydrogen-bond acceptors (Lipinski definition) is 2. The van der Waals surface area contributed by atoms with Gasteiger partial charge in [-0.25, -0.2) is 8.78 Å². The van der Waals surface area contributed by atoms with Crippen LogP contribution in [-0.2, 0) is 9.47 Å². The zero-order chi connectivity index (χ0) is 11.3. The summed E-state index contributed by atoms with van der Waals surface area (Å²) in [6, 6.07) is 0. The Morgan fingerprint density at radius 1 is 1.47 bits per heavy atom. The molecular formula is C11H16F2O2.